The molecule has 3 N–H and O–H groups in total. The Kier molecular flexibility index (Phi) is 12.5. The molecule has 0 atom stereocenters. The van der Waals surface area contributed by atoms with Crippen LogP contribution in [0.2, 0.25) is 0 Å². The van der Waals surface area contributed by atoms with Crippen molar-refractivity contribution in [2.24, 2.45) is 0 Å². The van der Waals surface area contributed by atoms with Crippen LogP contribution in [-0.4, -0.2) is 33.2 Å². The van der Waals surface area contributed by atoms with Crippen LogP contribution in [-0.2, 0) is 0 Å². The Morgan fingerprint density at radius 1 is 0.484 bits per heavy atom. The van der Waals surface area contributed by atoms with Crippen molar-refractivity contribution in [3.05, 3.63) is 89.5 Å². The van der Waals surface area contributed by atoms with E-state index in [2.05, 4.69) is 0 Å². The van der Waals surface area contributed by atoms with Gasteiger partial charge in [0.1, 0.15) is 17.2 Å². The Labute approximate surface area is 209 Å². The van der Waals surface area contributed by atoms with E-state index in [1.807, 2.05) is 0 Å². The van der Waals surface area contributed by atoms with Crippen LogP contribution in [0.1, 0.15) is 31.1 Å². The molecule has 0 radical (unpaired) electrons. The normalized spacial score (nSPS) is 8.90. The molecule has 0 aliphatic rings. The maximum Gasteiger partial charge on any atom is 3.00 e. The number of para-hydroxylation sites is 3. The van der Waals surface area contributed by atoms with Crippen molar-refractivity contribution in [1.82, 2.24) is 0 Å². The van der Waals surface area contributed by atoms with Gasteiger partial charge in [-0.1, -0.05) is 36.4 Å². The van der Waals surface area contributed by atoms with Gasteiger partial charge in [0.05, 0.1) is 17.9 Å². The topological polar surface area (TPSA) is 181 Å². The Hall–Kier alpha value is -3.17. The third kappa shape index (κ3) is 9.46. The molecule has 3 aromatic carbocycles. The monoisotopic (exact) mass is 552 g/mol. The van der Waals surface area contributed by atoms with Gasteiger partial charge < -0.3 is 45.0 Å². The number of hydrogen-bond donors (Lipinski definition) is 3. The molecule has 9 nitrogen and oxygen atoms in total. The van der Waals surface area contributed by atoms with Gasteiger partial charge in [-0.05, 0) is 36.4 Å². The molecule has 0 heterocycles. The number of carbonyl (C=O) groups is 3. The zero-order valence-electron chi connectivity index (χ0n) is 15.8. The van der Waals surface area contributed by atoms with Crippen LogP contribution in [0.25, 0.3) is 0 Å². The second kappa shape index (κ2) is 13.9. The van der Waals surface area contributed by atoms with Crippen LogP contribution in [0, 0.1) is 41.3 Å². The zero-order valence-corrected chi connectivity index (χ0v) is 19.5. The molecule has 10 heteroatoms. The molecular weight excluding hydrogens is 537 g/mol. The fraction of sp³-hybridized carbons (Fsp3) is 0. The predicted octanol–water partition coefficient (Wildman–Crippen LogP) is -0.733. The van der Waals surface area contributed by atoms with E-state index in [1.54, 1.807) is 18.2 Å². The zero-order chi connectivity index (χ0) is 22.7. The second-order valence-corrected chi connectivity index (χ2v) is 5.41. The molecule has 0 aliphatic heterocycles. The average Bonchev–Trinajstić information content (AvgIpc) is 2.69. The quantitative estimate of drug-likeness (QED) is 0.377. The predicted molar refractivity (Wildman–Crippen MR) is 97.3 cm³/mol. The van der Waals surface area contributed by atoms with E-state index in [0.29, 0.717) is 0 Å². The van der Waals surface area contributed by atoms with Crippen LogP contribution in [0.3, 0.4) is 0 Å². The van der Waals surface area contributed by atoms with E-state index in [1.165, 1.54) is 54.6 Å². The average molecular weight is 552 g/mol. The summed E-state index contributed by atoms with van der Waals surface area (Å²) >= 11 is 0. The number of phenols is 3. The summed E-state index contributed by atoms with van der Waals surface area (Å²) in [6, 6.07) is 16.9. The molecule has 0 saturated heterocycles. The summed E-state index contributed by atoms with van der Waals surface area (Å²) in [6.07, 6.45) is 0. The summed E-state index contributed by atoms with van der Waals surface area (Å²) in [4.78, 5) is 30.5. The van der Waals surface area contributed by atoms with Crippen molar-refractivity contribution >= 4 is 17.9 Å². The maximum atomic E-state index is 10.2. The Bertz CT molecular complexity index is 903. The number of rotatable bonds is 3. The van der Waals surface area contributed by atoms with Crippen LogP contribution < -0.4 is 15.3 Å². The molecule has 0 spiro atoms. The Morgan fingerprint density at radius 2 is 0.677 bits per heavy atom. The van der Waals surface area contributed by atoms with E-state index in [0.717, 1.165) is 0 Å². The van der Waals surface area contributed by atoms with Gasteiger partial charge in [0.2, 0.25) is 0 Å². The minimum absolute atomic E-state index is 0. The van der Waals surface area contributed by atoms with Crippen molar-refractivity contribution in [2.45, 2.75) is 0 Å². The van der Waals surface area contributed by atoms with Gasteiger partial charge in [-0.15, -0.1) is 0 Å². The Balaban J connectivity index is 0.000000429. The first-order valence-electron chi connectivity index (χ1n) is 8.13. The molecule has 31 heavy (non-hydrogen) atoms. The number of carboxylic acid groups (broad SMARTS) is 3. The standard InChI is InChI=1S/3C7H6O3.Pr/c3*8-6-4-2-1-3-5(6)7(9)10;/h3*1-4,8H,(H,9,10);/q;;;+3/p-3. The molecule has 3 aromatic rings. The molecule has 0 saturated carbocycles. The summed E-state index contributed by atoms with van der Waals surface area (Å²) in [5.74, 6) is -4.87. The van der Waals surface area contributed by atoms with Crippen molar-refractivity contribution in [2.75, 3.05) is 0 Å². The van der Waals surface area contributed by atoms with Gasteiger partial charge in [0.25, 0.3) is 0 Å². The fourth-order valence-electron chi connectivity index (χ4n) is 1.94. The number of aromatic carboxylic acids is 3. The smallest absolute Gasteiger partial charge is 0.545 e. The fourth-order valence-corrected chi connectivity index (χ4v) is 1.94. The van der Waals surface area contributed by atoms with Gasteiger partial charge in [0.15, 0.2) is 0 Å². The number of carbonyl (C=O) groups excluding carboxylic acids is 3. The SMILES string of the molecule is O=C([O-])c1ccccc1O.O=C([O-])c1ccccc1O.O=C([O-])c1ccccc1O.[Pr+3]. The minimum Gasteiger partial charge on any atom is -0.545 e. The minimum atomic E-state index is -1.36. The molecule has 3 rings (SSSR count). The third-order valence-electron chi connectivity index (χ3n) is 3.37. The van der Waals surface area contributed by atoms with E-state index < -0.39 is 17.9 Å². The summed E-state index contributed by atoms with van der Waals surface area (Å²) in [5.41, 5.74) is -0.535. The third-order valence-corrected chi connectivity index (χ3v) is 3.37. The molecule has 156 valence electrons. The van der Waals surface area contributed by atoms with Gasteiger partial charge in [0, 0.05) is 16.7 Å². The maximum absolute atomic E-state index is 10.2. The van der Waals surface area contributed by atoms with Crippen molar-refractivity contribution in [3.63, 3.8) is 0 Å². The van der Waals surface area contributed by atoms with Gasteiger partial charge in [-0.2, -0.15) is 0 Å². The number of hydrogen-bond acceptors (Lipinski definition) is 9. The summed E-state index contributed by atoms with van der Waals surface area (Å²) in [5, 5.41) is 57.0. The number of aromatic hydroxyl groups is 3. The van der Waals surface area contributed by atoms with Crippen LogP contribution >= 0.6 is 0 Å². The van der Waals surface area contributed by atoms with E-state index in [9.17, 15) is 29.7 Å². The molecule has 0 amide bonds. The summed E-state index contributed by atoms with van der Waals surface area (Å²) < 4.78 is 0. The van der Waals surface area contributed by atoms with Crippen molar-refractivity contribution < 1.29 is 86.3 Å². The second-order valence-electron chi connectivity index (χ2n) is 5.41. The summed E-state index contributed by atoms with van der Waals surface area (Å²) in [7, 11) is 0. The van der Waals surface area contributed by atoms with Gasteiger partial charge in [-0.3, -0.25) is 0 Å². The largest absolute Gasteiger partial charge is 3.00 e. The number of carboxylic acids is 3. The van der Waals surface area contributed by atoms with Crippen LogP contribution in [0.15, 0.2) is 72.8 Å². The molecule has 0 aromatic heterocycles. The molecule has 0 bridgehead atoms. The Morgan fingerprint density at radius 3 is 0.806 bits per heavy atom. The van der Waals surface area contributed by atoms with E-state index in [-0.39, 0.29) is 75.2 Å². The van der Waals surface area contributed by atoms with Crippen LogP contribution in [0.5, 0.6) is 17.2 Å². The van der Waals surface area contributed by atoms with E-state index in [4.69, 9.17) is 15.3 Å². The van der Waals surface area contributed by atoms with Gasteiger partial charge in [-0.25, -0.2) is 0 Å². The van der Waals surface area contributed by atoms with Crippen molar-refractivity contribution in [3.8, 4) is 17.2 Å². The molecular formula is C21H15O9Pr. The van der Waals surface area contributed by atoms with E-state index >= 15 is 0 Å². The van der Waals surface area contributed by atoms with Crippen LogP contribution in [0.4, 0.5) is 0 Å². The number of benzene rings is 3. The molecule has 0 aliphatic carbocycles. The first-order chi connectivity index (χ1) is 14.1. The first kappa shape index (κ1) is 27.8. The van der Waals surface area contributed by atoms with Crippen molar-refractivity contribution in [1.29, 1.82) is 0 Å². The first-order valence-corrected chi connectivity index (χ1v) is 8.13. The van der Waals surface area contributed by atoms with Gasteiger partial charge >= 0.3 is 41.3 Å². The molecule has 0 unspecified atom stereocenters. The molecule has 0 fully saturated rings. The summed E-state index contributed by atoms with van der Waals surface area (Å²) in [6.45, 7) is 0.